The molecule has 0 bridgehead atoms. The van der Waals surface area contributed by atoms with Crippen LogP contribution in [0.5, 0.6) is 5.88 Å². The second-order valence-electron chi connectivity index (χ2n) is 1.78. The van der Waals surface area contributed by atoms with Gasteiger partial charge in [0.15, 0.2) is 6.67 Å². The normalized spacial score (nSPS) is 9.18. The lowest BCUT2D eigenvalue weighted by Crippen LogP contribution is -2.10. The summed E-state index contributed by atoms with van der Waals surface area (Å²) in [5.74, 6) is -0.807. The highest BCUT2D eigenvalue weighted by Gasteiger charge is 2.02. The zero-order valence-electron chi connectivity index (χ0n) is 5.66. The summed E-state index contributed by atoms with van der Waals surface area (Å²) in [5.41, 5.74) is 0. The molecule has 0 aliphatic rings. The number of halogens is 1. The van der Waals surface area contributed by atoms with Crippen LogP contribution in [0.4, 0.5) is 4.39 Å². The summed E-state index contributed by atoms with van der Waals surface area (Å²) in [6.07, 6.45) is 1.46. The van der Waals surface area contributed by atoms with Gasteiger partial charge >= 0.3 is 5.97 Å². The van der Waals surface area contributed by atoms with E-state index < -0.39 is 12.6 Å². The van der Waals surface area contributed by atoms with Crippen molar-refractivity contribution in [1.82, 2.24) is 4.98 Å². The van der Waals surface area contributed by atoms with Crippen LogP contribution in [0.1, 0.15) is 0 Å². The number of ether oxygens (including phenoxy) is 1. The molecule has 0 aromatic carbocycles. The van der Waals surface area contributed by atoms with Crippen LogP contribution in [0, 0.1) is 0 Å². The number of carbonyl (C=O) groups excluding carboxylic acids is 1. The van der Waals surface area contributed by atoms with E-state index in [0.29, 0.717) is 0 Å². The van der Waals surface area contributed by atoms with Crippen molar-refractivity contribution in [3.8, 4) is 5.88 Å². The average Bonchev–Trinajstić information content (AvgIpc) is 2.06. The Bertz CT molecular complexity index is 237. The van der Waals surface area contributed by atoms with Crippen molar-refractivity contribution in [1.29, 1.82) is 0 Å². The lowest BCUT2D eigenvalue weighted by Gasteiger charge is -1.97. The Hall–Kier alpha value is -1.45. The maximum absolute atomic E-state index is 11.6. The van der Waals surface area contributed by atoms with E-state index in [-0.39, 0.29) is 5.88 Å². The van der Waals surface area contributed by atoms with Gasteiger partial charge in [0.25, 0.3) is 0 Å². The van der Waals surface area contributed by atoms with Gasteiger partial charge in [0.1, 0.15) is 0 Å². The van der Waals surface area contributed by atoms with Crippen LogP contribution in [0.25, 0.3) is 0 Å². The van der Waals surface area contributed by atoms with Crippen LogP contribution in [-0.4, -0.2) is 17.6 Å². The third-order valence-electron chi connectivity index (χ3n) is 0.965. The molecule has 1 aromatic heterocycles. The minimum Gasteiger partial charge on any atom is -0.406 e. The SMILES string of the molecule is O=C(CF)Oc1ccccn1. The lowest BCUT2D eigenvalue weighted by atomic mass is 10.5. The molecule has 0 radical (unpaired) electrons. The summed E-state index contributed by atoms with van der Waals surface area (Å²) >= 11 is 0. The molecule has 1 aromatic rings. The van der Waals surface area contributed by atoms with Crippen molar-refractivity contribution in [3.63, 3.8) is 0 Å². The van der Waals surface area contributed by atoms with Gasteiger partial charge in [0.2, 0.25) is 5.88 Å². The topological polar surface area (TPSA) is 39.2 Å². The minimum absolute atomic E-state index is 0.121. The van der Waals surface area contributed by atoms with Crippen LogP contribution in [-0.2, 0) is 4.79 Å². The molecule has 11 heavy (non-hydrogen) atoms. The van der Waals surface area contributed by atoms with Crippen LogP contribution < -0.4 is 4.74 Å². The third-order valence-corrected chi connectivity index (χ3v) is 0.965. The van der Waals surface area contributed by atoms with E-state index in [4.69, 9.17) is 0 Å². The molecule has 1 heterocycles. The van der Waals surface area contributed by atoms with Gasteiger partial charge in [0, 0.05) is 12.3 Å². The zero-order chi connectivity index (χ0) is 8.10. The number of hydrogen-bond acceptors (Lipinski definition) is 3. The largest absolute Gasteiger partial charge is 0.406 e. The first-order chi connectivity index (χ1) is 5.33. The molecule has 0 amide bonds. The molecule has 0 unspecified atom stereocenters. The Labute approximate surface area is 62.8 Å². The van der Waals surface area contributed by atoms with E-state index >= 15 is 0 Å². The average molecular weight is 155 g/mol. The molecule has 58 valence electrons. The standard InChI is InChI=1S/C7H6FNO2/c8-5-7(10)11-6-3-1-2-4-9-6/h1-4H,5H2. The summed E-state index contributed by atoms with van der Waals surface area (Å²) in [5, 5.41) is 0. The van der Waals surface area contributed by atoms with Gasteiger partial charge in [-0.05, 0) is 6.07 Å². The number of nitrogens with zero attached hydrogens (tertiary/aromatic N) is 1. The number of carbonyl (C=O) groups is 1. The molecule has 0 N–H and O–H groups in total. The van der Waals surface area contributed by atoms with Crippen LogP contribution >= 0.6 is 0 Å². The molecule has 1 rings (SSSR count). The van der Waals surface area contributed by atoms with Crippen molar-refractivity contribution in [2.24, 2.45) is 0 Å². The monoisotopic (exact) mass is 155 g/mol. The van der Waals surface area contributed by atoms with E-state index in [1.165, 1.54) is 12.3 Å². The number of aromatic nitrogens is 1. The van der Waals surface area contributed by atoms with Crippen molar-refractivity contribution in [2.45, 2.75) is 0 Å². The highest BCUT2D eigenvalue weighted by molar-refractivity contribution is 5.72. The number of rotatable bonds is 2. The van der Waals surface area contributed by atoms with Crippen molar-refractivity contribution < 1.29 is 13.9 Å². The summed E-state index contributed by atoms with van der Waals surface area (Å²) in [7, 11) is 0. The molecule has 0 saturated carbocycles. The van der Waals surface area contributed by atoms with Gasteiger partial charge in [0.05, 0.1) is 0 Å². The van der Waals surface area contributed by atoms with Gasteiger partial charge < -0.3 is 4.74 Å². The number of pyridine rings is 1. The quantitative estimate of drug-likeness (QED) is 0.597. The second-order valence-corrected chi connectivity index (χ2v) is 1.78. The van der Waals surface area contributed by atoms with Crippen molar-refractivity contribution in [3.05, 3.63) is 24.4 Å². The number of hydrogen-bond donors (Lipinski definition) is 0. The van der Waals surface area contributed by atoms with Gasteiger partial charge in [-0.25, -0.2) is 14.2 Å². The fourth-order valence-corrected chi connectivity index (χ4v) is 0.551. The molecule has 0 saturated heterocycles. The summed E-state index contributed by atoms with van der Waals surface area (Å²) in [6.45, 7) is -1.13. The van der Waals surface area contributed by atoms with Gasteiger partial charge in [-0.1, -0.05) is 6.07 Å². The number of alkyl halides is 1. The van der Waals surface area contributed by atoms with Gasteiger partial charge in [-0.15, -0.1) is 0 Å². The fraction of sp³-hybridized carbons (Fsp3) is 0.143. The summed E-state index contributed by atoms with van der Waals surface area (Å²) < 4.78 is 16.0. The van der Waals surface area contributed by atoms with E-state index in [2.05, 4.69) is 9.72 Å². The van der Waals surface area contributed by atoms with E-state index in [9.17, 15) is 9.18 Å². The predicted molar refractivity (Wildman–Crippen MR) is 35.8 cm³/mol. The maximum Gasteiger partial charge on any atom is 0.344 e. The molecule has 0 aliphatic heterocycles. The smallest absolute Gasteiger partial charge is 0.344 e. The molecular weight excluding hydrogens is 149 g/mol. The zero-order valence-corrected chi connectivity index (χ0v) is 5.66. The van der Waals surface area contributed by atoms with Crippen molar-refractivity contribution in [2.75, 3.05) is 6.67 Å². The second kappa shape index (κ2) is 3.65. The summed E-state index contributed by atoms with van der Waals surface area (Å²) in [4.78, 5) is 14.0. The molecule has 0 aliphatic carbocycles. The van der Waals surface area contributed by atoms with Crippen LogP contribution in [0.15, 0.2) is 24.4 Å². The minimum atomic E-state index is -1.13. The Morgan fingerprint density at radius 1 is 1.64 bits per heavy atom. The third kappa shape index (κ3) is 2.33. The first kappa shape index (κ1) is 7.65. The highest BCUT2D eigenvalue weighted by Crippen LogP contribution is 2.02. The molecule has 0 atom stereocenters. The molecular formula is C7H6FNO2. The Morgan fingerprint density at radius 2 is 2.45 bits per heavy atom. The van der Waals surface area contributed by atoms with E-state index in [0.717, 1.165) is 0 Å². The predicted octanol–water partition coefficient (Wildman–Crippen LogP) is 0.956. The molecule has 0 spiro atoms. The lowest BCUT2D eigenvalue weighted by molar-refractivity contribution is -0.135. The fourth-order valence-electron chi connectivity index (χ4n) is 0.551. The Kier molecular flexibility index (Phi) is 2.54. The van der Waals surface area contributed by atoms with Gasteiger partial charge in [-0.2, -0.15) is 0 Å². The molecule has 0 fully saturated rings. The summed E-state index contributed by atoms with van der Waals surface area (Å²) in [6, 6.07) is 4.80. The van der Waals surface area contributed by atoms with Gasteiger partial charge in [-0.3, -0.25) is 0 Å². The first-order valence-corrected chi connectivity index (χ1v) is 3.00. The first-order valence-electron chi connectivity index (χ1n) is 3.00. The molecule has 3 nitrogen and oxygen atoms in total. The van der Waals surface area contributed by atoms with E-state index in [1.54, 1.807) is 12.1 Å². The Balaban J connectivity index is 2.58. The van der Waals surface area contributed by atoms with E-state index in [1.807, 2.05) is 0 Å². The van der Waals surface area contributed by atoms with Crippen molar-refractivity contribution >= 4 is 5.97 Å². The molecule has 4 heteroatoms. The maximum atomic E-state index is 11.6. The number of esters is 1. The Morgan fingerprint density at radius 3 is 3.00 bits per heavy atom. The van der Waals surface area contributed by atoms with Crippen LogP contribution in [0.3, 0.4) is 0 Å². The van der Waals surface area contributed by atoms with Crippen LogP contribution in [0.2, 0.25) is 0 Å². The highest BCUT2D eigenvalue weighted by atomic mass is 19.1.